The van der Waals surface area contributed by atoms with Crippen molar-refractivity contribution in [2.24, 2.45) is 11.7 Å². The predicted molar refractivity (Wildman–Crippen MR) is 66.5 cm³/mol. The molecule has 0 atom stereocenters. The summed E-state index contributed by atoms with van der Waals surface area (Å²) < 4.78 is 0. The SMILES string of the molecule is CC(C)CNC(=O)c1ccc(Cl)c(CN)c1. The van der Waals surface area contributed by atoms with E-state index in [4.69, 9.17) is 17.3 Å². The third-order valence-corrected chi connectivity index (χ3v) is 2.57. The highest BCUT2D eigenvalue weighted by molar-refractivity contribution is 6.31. The lowest BCUT2D eigenvalue weighted by Gasteiger charge is -2.09. The van der Waals surface area contributed by atoms with E-state index >= 15 is 0 Å². The van der Waals surface area contributed by atoms with E-state index < -0.39 is 0 Å². The molecule has 0 saturated heterocycles. The fourth-order valence-electron chi connectivity index (χ4n) is 1.27. The summed E-state index contributed by atoms with van der Waals surface area (Å²) in [5, 5.41) is 3.45. The van der Waals surface area contributed by atoms with E-state index in [0.717, 1.165) is 5.56 Å². The molecule has 0 unspecified atom stereocenters. The summed E-state index contributed by atoms with van der Waals surface area (Å²) in [6.45, 7) is 5.10. The molecule has 0 aliphatic heterocycles. The van der Waals surface area contributed by atoms with E-state index in [1.165, 1.54) is 0 Å². The molecule has 0 heterocycles. The van der Waals surface area contributed by atoms with Gasteiger partial charge in [-0.3, -0.25) is 4.79 Å². The quantitative estimate of drug-likeness (QED) is 0.848. The van der Waals surface area contributed by atoms with E-state index in [-0.39, 0.29) is 5.91 Å². The van der Waals surface area contributed by atoms with Gasteiger partial charge in [-0.25, -0.2) is 0 Å². The maximum atomic E-state index is 11.7. The molecule has 0 saturated carbocycles. The highest BCUT2D eigenvalue weighted by Crippen LogP contribution is 2.16. The van der Waals surface area contributed by atoms with Gasteiger partial charge in [-0.15, -0.1) is 0 Å². The number of benzene rings is 1. The molecule has 0 radical (unpaired) electrons. The van der Waals surface area contributed by atoms with Crippen LogP contribution in [0.25, 0.3) is 0 Å². The average Bonchev–Trinajstić information content (AvgIpc) is 2.26. The van der Waals surface area contributed by atoms with Crippen LogP contribution in [0.1, 0.15) is 29.8 Å². The Bertz CT molecular complexity index is 377. The monoisotopic (exact) mass is 240 g/mol. The molecule has 88 valence electrons. The summed E-state index contributed by atoms with van der Waals surface area (Å²) in [4.78, 5) is 11.7. The molecule has 3 N–H and O–H groups in total. The lowest BCUT2D eigenvalue weighted by atomic mass is 10.1. The van der Waals surface area contributed by atoms with Gasteiger partial charge < -0.3 is 11.1 Å². The van der Waals surface area contributed by atoms with E-state index in [2.05, 4.69) is 5.32 Å². The Kier molecular flexibility index (Phi) is 4.77. The zero-order valence-electron chi connectivity index (χ0n) is 9.59. The molecule has 0 aromatic heterocycles. The van der Waals surface area contributed by atoms with E-state index in [1.807, 2.05) is 13.8 Å². The van der Waals surface area contributed by atoms with Crippen LogP contribution in [0.3, 0.4) is 0 Å². The third kappa shape index (κ3) is 3.51. The number of hydrogen-bond acceptors (Lipinski definition) is 2. The van der Waals surface area contributed by atoms with Crippen LogP contribution in [0.15, 0.2) is 18.2 Å². The van der Waals surface area contributed by atoms with Gasteiger partial charge in [-0.05, 0) is 29.7 Å². The van der Waals surface area contributed by atoms with Crippen molar-refractivity contribution in [1.82, 2.24) is 5.32 Å². The molecular formula is C12H17ClN2O. The second-order valence-corrected chi connectivity index (χ2v) is 4.52. The van der Waals surface area contributed by atoms with Crippen LogP contribution in [-0.4, -0.2) is 12.5 Å². The Labute approximate surface area is 101 Å². The molecule has 1 aromatic carbocycles. The fraction of sp³-hybridized carbons (Fsp3) is 0.417. The van der Waals surface area contributed by atoms with Gasteiger partial charge in [0.05, 0.1) is 0 Å². The number of rotatable bonds is 4. The molecule has 0 bridgehead atoms. The average molecular weight is 241 g/mol. The lowest BCUT2D eigenvalue weighted by molar-refractivity contribution is 0.0949. The first-order valence-electron chi connectivity index (χ1n) is 5.31. The molecule has 1 amide bonds. The summed E-state index contributed by atoms with van der Waals surface area (Å²) in [7, 11) is 0. The number of nitrogens with one attached hydrogen (secondary N) is 1. The minimum Gasteiger partial charge on any atom is -0.352 e. The Morgan fingerprint density at radius 1 is 1.50 bits per heavy atom. The van der Waals surface area contributed by atoms with Gasteiger partial charge in [0.25, 0.3) is 5.91 Å². The Hall–Kier alpha value is -1.06. The van der Waals surface area contributed by atoms with Gasteiger partial charge in [0.1, 0.15) is 0 Å². The zero-order chi connectivity index (χ0) is 12.1. The van der Waals surface area contributed by atoms with Crippen LogP contribution in [0.5, 0.6) is 0 Å². The number of amides is 1. The second kappa shape index (κ2) is 5.87. The van der Waals surface area contributed by atoms with Gasteiger partial charge >= 0.3 is 0 Å². The maximum absolute atomic E-state index is 11.7. The fourth-order valence-corrected chi connectivity index (χ4v) is 1.47. The van der Waals surface area contributed by atoms with Gasteiger partial charge in [0.15, 0.2) is 0 Å². The number of hydrogen-bond donors (Lipinski definition) is 2. The van der Waals surface area contributed by atoms with E-state index in [9.17, 15) is 4.79 Å². The number of halogens is 1. The number of carbonyl (C=O) groups excluding carboxylic acids is 1. The largest absolute Gasteiger partial charge is 0.352 e. The molecular weight excluding hydrogens is 224 g/mol. The van der Waals surface area contributed by atoms with Crippen LogP contribution in [0.4, 0.5) is 0 Å². The van der Waals surface area contributed by atoms with Gasteiger partial charge in [-0.1, -0.05) is 25.4 Å². The van der Waals surface area contributed by atoms with Gasteiger partial charge in [0.2, 0.25) is 0 Å². The lowest BCUT2D eigenvalue weighted by Crippen LogP contribution is -2.27. The molecule has 16 heavy (non-hydrogen) atoms. The molecule has 1 rings (SSSR count). The third-order valence-electron chi connectivity index (χ3n) is 2.20. The highest BCUT2D eigenvalue weighted by Gasteiger charge is 2.08. The van der Waals surface area contributed by atoms with Crippen LogP contribution in [0.2, 0.25) is 5.02 Å². The maximum Gasteiger partial charge on any atom is 0.251 e. The number of carbonyl (C=O) groups is 1. The second-order valence-electron chi connectivity index (χ2n) is 4.11. The Morgan fingerprint density at radius 2 is 2.19 bits per heavy atom. The van der Waals surface area contributed by atoms with Crippen LogP contribution < -0.4 is 11.1 Å². The minimum atomic E-state index is -0.0833. The summed E-state index contributed by atoms with van der Waals surface area (Å²) in [5.41, 5.74) is 6.92. The molecule has 1 aromatic rings. The van der Waals surface area contributed by atoms with Crippen molar-refractivity contribution < 1.29 is 4.79 Å². The zero-order valence-corrected chi connectivity index (χ0v) is 10.3. The Morgan fingerprint density at radius 3 is 2.75 bits per heavy atom. The van der Waals surface area contributed by atoms with Crippen molar-refractivity contribution >= 4 is 17.5 Å². The molecule has 0 aliphatic rings. The Balaban J connectivity index is 2.76. The minimum absolute atomic E-state index is 0.0833. The van der Waals surface area contributed by atoms with Crippen LogP contribution in [-0.2, 0) is 6.54 Å². The normalized spacial score (nSPS) is 10.6. The van der Waals surface area contributed by atoms with Crippen LogP contribution in [0, 0.1) is 5.92 Å². The van der Waals surface area contributed by atoms with Crippen molar-refractivity contribution in [3.63, 3.8) is 0 Å². The molecule has 0 aliphatic carbocycles. The summed E-state index contributed by atoms with van der Waals surface area (Å²) in [5.74, 6) is 0.352. The molecule has 4 heteroatoms. The highest BCUT2D eigenvalue weighted by atomic mass is 35.5. The van der Waals surface area contributed by atoms with E-state index in [1.54, 1.807) is 18.2 Å². The van der Waals surface area contributed by atoms with Crippen molar-refractivity contribution in [3.05, 3.63) is 34.3 Å². The van der Waals surface area contributed by atoms with Gasteiger partial charge in [-0.2, -0.15) is 0 Å². The first kappa shape index (κ1) is 13.0. The molecule has 0 spiro atoms. The van der Waals surface area contributed by atoms with Crippen LogP contribution >= 0.6 is 11.6 Å². The van der Waals surface area contributed by atoms with Crippen molar-refractivity contribution in [1.29, 1.82) is 0 Å². The summed E-state index contributed by atoms with van der Waals surface area (Å²) in [6.07, 6.45) is 0. The molecule has 3 nitrogen and oxygen atoms in total. The first-order chi connectivity index (χ1) is 7.54. The molecule has 0 fully saturated rings. The smallest absolute Gasteiger partial charge is 0.251 e. The van der Waals surface area contributed by atoms with Crippen molar-refractivity contribution in [2.75, 3.05) is 6.54 Å². The standard InChI is InChI=1S/C12H17ClN2O/c1-8(2)7-15-12(16)9-3-4-11(13)10(5-9)6-14/h3-5,8H,6-7,14H2,1-2H3,(H,15,16). The van der Waals surface area contributed by atoms with Crippen molar-refractivity contribution in [3.8, 4) is 0 Å². The van der Waals surface area contributed by atoms with Crippen molar-refractivity contribution in [2.45, 2.75) is 20.4 Å². The first-order valence-corrected chi connectivity index (χ1v) is 5.69. The topological polar surface area (TPSA) is 55.1 Å². The van der Waals surface area contributed by atoms with Gasteiger partial charge in [0, 0.05) is 23.7 Å². The summed E-state index contributed by atoms with van der Waals surface area (Å²) >= 11 is 5.92. The summed E-state index contributed by atoms with van der Waals surface area (Å²) in [6, 6.07) is 5.14. The predicted octanol–water partition coefficient (Wildman–Crippen LogP) is 2.18. The number of nitrogens with two attached hydrogens (primary N) is 1. The van der Waals surface area contributed by atoms with E-state index in [0.29, 0.717) is 29.6 Å².